The molecule has 5 rings (SSSR count). The van der Waals surface area contributed by atoms with E-state index in [-0.39, 0.29) is 12.0 Å². The van der Waals surface area contributed by atoms with E-state index in [9.17, 15) is 5.11 Å². The molecule has 22 heavy (non-hydrogen) atoms. The van der Waals surface area contributed by atoms with Crippen molar-refractivity contribution >= 4 is 0 Å². The molecule has 5 nitrogen and oxygen atoms in total. The van der Waals surface area contributed by atoms with E-state index in [1.54, 1.807) is 6.20 Å². The van der Waals surface area contributed by atoms with Crippen LogP contribution in [0.2, 0.25) is 0 Å². The van der Waals surface area contributed by atoms with Gasteiger partial charge in [0.1, 0.15) is 11.9 Å². The number of fused-ring (bicyclic) bond motifs is 4. The lowest BCUT2D eigenvalue weighted by Gasteiger charge is -2.34. The Morgan fingerprint density at radius 2 is 2.14 bits per heavy atom. The van der Waals surface area contributed by atoms with Gasteiger partial charge in [0, 0.05) is 30.4 Å². The summed E-state index contributed by atoms with van der Waals surface area (Å²) in [5.41, 5.74) is 3.65. The van der Waals surface area contributed by atoms with Gasteiger partial charge in [-0.1, -0.05) is 24.3 Å². The number of rotatable bonds is 1. The Morgan fingerprint density at radius 3 is 3.09 bits per heavy atom. The molecule has 0 fully saturated rings. The van der Waals surface area contributed by atoms with Crippen LogP contribution in [0.3, 0.4) is 0 Å². The van der Waals surface area contributed by atoms with Gasteiger partial charge in [-0.3, -0.25) is 0 Å². The van der Waals surface area contributed by atoms with Crippen LogP contribution < -0.4 is 0 Å². The van der Waals surface area contributed by atoms with Crippen LogP contribution in [-0.4, -0.2) is 24.2 Å². The van der Waals surface area contributed by atoms with Gasteiger partial charge in [0.15, 0.2) is 0 Å². The van der Waals surface area contributed by atoms with Gasteiger partial charge in [-0.05, 0) is 12.0 Å². The second-order valence-corrected chi connectivity index (χ2v) is 6.09. The molecule has 0 aliphatic carbocycles. The zero-order chi connectivity index (χ0) is 14.7. The lowest BCUT2D eigenvalue weighted by Crippen LogP contribution is -2.31. The Labute approximate surface area is 127 Å². The highest BCUT2D eigenvalue weighted by Gasteiger charge is 2.41. The fraction of sp³-hybridized carbons (Fsp3) is 0.294. The largest absolute Gasteiger partial charge is 0.385 e. The second-order valence-electron chi connectivity index (χ2n) is 6.09. The molecule has 0 spiro atoms. The summed E-state index contributed by atoms with van der Waals surface area (Å²) in [6, 6.07) is 8.57. The van der Waals surface area contributed by atoms with Crippen LogP contribution in [0.25, 0.3) is 11.3 Å². The first-order valence-corrected chi connectivity index (χ1v) is 7.65. The van der Waals surface area contributed by atoms with E-state index in [2.05, 4.69) is 43.4 Å². The van der Waals surface area contributed by atoms with E-state index in [0.717, 1.165) is 24.5 Å². The van der Waals surface area contributed by atoms with E-state index >= 15 is 0 Å². The average molecular weight is 292 g/mol. The Bertz CT molecular complexity index is 850. The third kappa shape index (κ3) is 1.46. The van der Waals surface area contributed by atoms with Gasteiger partial charge in [0.2, 0.25) is 0 Å². The van der Waals surface area contributed by atoms with Crippen molar-refractivity contribution in [2.75, 3.05) is 0 Å². The Kier molecular flexibility index (Phi) is 2.38. The second kappa shape index (κ2) is 4.30. The third-order valence-corrected chi connectivity index (χ3v) is 5.05. The number of aryl methyl sites for hydroxylation is 1. The minimum Gasteiger partial charge on any atom is -0.385 e. The third-order valence-electron chi connectivity index (χ3n) is 5.05. The fourth-order valence-electron chi connectivity index (χ4n) is 4.05. The molecule has 2 aromatic heterocycles. The van der Waals surface area contributed by atoms with E-state index < -0.39 is 6.10 Å². The maximum absolute atomic E-state index is 10.8. The predicted molar refractivity (Wildman–Crippen MR) is 81.1 cm³/mol. The summed E-state index contributed by atoms with van der Waals surface area (Å²) >= 11 is 0. The number of benzene rings is 1. The van der Waals surface area contributed by atoms with E-state index in [1.165, 1.54) is 11.1 Å². The number of nitrogens with zero attached hydrogens (tertiary/aromatic N) is 4. The molecule has 0 radical (unpaired) electrons. The lowest BCUT2D eigenvalue weighted by molar-refractivity contribution is 0.0514. The number of imidazole rings is 2. The molecule has 0 bridgehead atoms. The van der Waals surface area contributed by atoms with Crippen molar-refractivity contribution in [2.45, 2.75) is 25.1 Å². The molecular weight excluding hydrogens is 276 g/mol. The molecule has 5 heteroatoms. The number of hydrogen-bond acceptors (Lipinski definition) is 3. The molecule has 0 saturated carbocycles. The molecule has 1 aromatic carbocycles. The van der Waals surface area contributed by atoms with Crippen molar-refractivity contribution in [3.63, 3.8) is 0 Å². The SMILES string of the molecule is OC1c2nccn2CCC1C1c2ccccc2-c2cncn21. The van der Waals surface area contributed by atoms with Gasteiger partial charge in [-0.15, -0.1) is 0 Å². The van der Waals surface area contributed by atoms with Gasteiger partial charge in [-0.2, -0.15) is 0 Å². The molecule has 2 aliphatic heterocycles. The van der Waals surface area contributed by atoms with Gasteiger partial charge in [-0.25, -0.2) is 9.97 Å². The number of aromatic nitrogens is 4. The highest BCUT2D eigenvalue weighted by Crippen LogP contribution is 2.48. The molecule has 2 aliphatic rings. The maximum atomic E-state index is 10.8. The first-order valence-electron chi connectivity index (χ1n) is 7.65. The van der Waals surface area contributed by atoms with Crippen LogP contribution in [0.4, 0.5) is 0 Å². The number of aliphatic hydroxyl groups is 1. The Balaban J connectivity index is 1.65. The van der Waals surface area contributed by atoms with Crippen LogP contribution in [0.15, 0.2) is 49.2 Å². The van der Waals surface area contributed by atoms with Gasteiger partial charge >= 0.3 is 0 Å². The van der Waals surface area contributed by atoms with Crippen molar-refractivity contribution in [3.05, 3.63) is 60.6 Å². The van der Waals surface area contributed by atoms with E-state index in [0.29, 0.717) is 0 Å². The molecule has 0 saturated heterocycles. The van der Waals surface area contributed by atoms with Crippen molar-refractivity contribution in [1.82, 2.24) is 19.1 Å². The standard InChI is InChI=1S/C17H16N4O/c22-16-13(5-7-20-8-6-19-17(16)20)15-12-4-2-1-3-11(12)14-9-18-10-21(14)15/h1-4,6,8-10,13,15-16,22H,5,7H2. The zero-order valence-corrected chi connectivity index (χ0v) is 12.0. The van der Waals surface area contributed by atoms with Crippen LogP contribution in [0, 0.1) is 5.92 Å². The molecule has 3 aromatic rings. The monoisotopic (exact) mass is 292 g/mol. The summed E-state index contributed by atoms with van der Waals surface area (Å²) in [6.07, 6.45) is 7.89. The smallest absolute Gasteiger partial charge is 0.138 e. The normalized spacial score (nSPS) is 25.6. The molecule has 3 unspecified atom stereocenters. The highest BCUT2D eigenvalue weighted by atomic mass is 16.3. The van der Waals surface area contributed by atoms with Crippen LogP contribution >= 0.6 is 0 Å². The van der Waals surface area contributed by atoms with Crippen LogP contribution in [-0.2, 0) is 6.54 Å². The van der Waals surface area contributed by atoms with Gasteiger partial charge in [0.05, 0.1) is 24.3 Å². The molecule has 1 N–H and O–H groups in total. The zero-order valence-electron chi connectivity index (χ0n) is 12.0. The molecule has 0 amide bonds. The van der Waals surface area contributed by atoms with Crippen molar-refractivity contribution in [1.29, 1.82) is 0 Å². The summed E-state index contributed by atoms with van der Waals surface area (Å²) < 4.78 is 4.26. The van der Waals surface area contributed by atoms with Gasteiger partial charge < -0.3 is 14.2 Å². The predicted octanol–water partition coefficient (Wildman–Crippen LogP) is 2.40. The summed E-state index contributed by atoms with van der Waals surface area (Å²) in [6.45, 7) is 0.903. The minimum atomic E-state index is -0.546. The Hall–Kier alpha value is -2.40. The maximum Gasteiger partial charge on any atom is 0.138 e. The van der Waals surface area contributed by atoms with Crippen molar-refractivity contribution in [2.24, 2.45) is 5.92 Å². The van der Waals surface area contributed by atoms with Crippen molar-refractivity contribution in [3.8, 4) is 11.3 Å². The van der Waals surface area contributed by atoms with Crippen molar-refractivity contribution < 1.29 is 5.11 Å². The first kappa shape index (κ1) is 12.2. The summed E-state index contributed by atoms with van der Waals surface area (Å²) in [7, 11) is 0. The average Bonchev–Trinajstić information content (AvgIpc) is 3.23. The summed E-state index contributed by atoms with van der Waals surface area (Å²) in [4.78, 5) is 8.65. The topological polar surface area (TPSA) is 55.9 Å². The minimum absolute atomic E-state index is 0.117. The lowest BCUT2D eigenvalue weighted by atomic mass is 9.84. The Morgan fingerprint density at radius 1 is 1.23 bits per heavy atom. The summed E-state index contributed by atoms with van der Waals surface area (Å²) in [5, 5.41) is 10.8. The van der Waals surface area contributed by atoms with Gasteiger partial charge in [0.25, 0.3) is 0 Å². The first-order chi connectivity index (χ1) is 10.8. The van der Waals surface area contributed by atoms with E-state index in [1.807, 2.05) is 18.7 Å². The number of hydrogen-bond donors (Lipinski definition) is 1. The molecule has 4 heterocycles. The van der Waals surface area contributed by atoms with Crippen LogP contribution in [0.1, 0.15) is 30.0 Å². The van der Waals surface area contributed by atoms with Crippen LogP contribution in [0.5, 0.6) is 0 Å². The molecule has 3 atom stereocenters. The summed E-state index contributed by atoms with van der Waals surface area (Å²) in [5.74, 6) is 0.897. The molecule has 110 valence electrons. The molecular formula is C17H16N4O. The highest BCUT2D eigenvalue weighted by molar-refractivity contribution is 5.69. The quantitative estimate of drug-likeness (QED) is 0.749. The van der Waals surface area contributed by atoms with E-state index in [4.69, 9.17) is 0 Å². The fourth-order valence-corrected chi connectivity index (χ4v) is 4.05. The number of aliphatic hydroxyl groups excluding tert-OH is 1.